The molecule has 0 radical (unpaired) electrons. The quantitative estimate of drug-likeness (QED) is 0.880. The van der Waals surface area contributed by atoms with Crippen LogP contribution in [0, 0.1) is 5.82 Å². The Morgan fingerprint density at radius 2 is 1.83 bits per heavy atom. The van der Waals surface area contributed by atoms with E-state index >= 15 is 0 Å². The molecule has 0 aromatic heterocycles. The first-order chi connectivity index (χ1) is 8.52. The molecule has 18 heavy (non-hydrogen) atoms. The van der Waals surface area contributed by atoms with Crippen molar-refractivity contribution >= 4 is 23.2 Å². The second kappa shape index (κ2) is 5.04. The third kappa shape index (κ3) is 2.37. The molecule has 0 amide bonds. The molecule has 0 aliphatic rings. The predicted octanol–water partition coefficient (Wildman–Crippen LogP) is 4.51. The van der Waals surface area contributed by atoms with Crippen LogP contribution in [0.25, 0.3) is 11.1 Å². The molecule has 2 nitrogen and oxygen atoms in total. The molecule has 0 saturated heterocycles. The summed E-state index contributed by atoms with van der Waals surface area (Å²) in [6, 6.07) is 7.19. The van der Waals surface area contributed by atoms with Gasteiger partial charge in [-0.3, -0.25) is 0 Å². The number of halogens is 3. The molecular weight excluding hydrogens is 278 g/mol. The molecular formula is C13H9Cl2FO2. The smallest absolute Gasteiger partial charge is 0.138 e. The first kappa shape index (κ1) is 13.0. The summed E-state index contributed by atoms with van der Waals surface area (Å²) >= 11 is 11.7. The molecule has 2 aromatic carbocycles. The maximum absolute atomic E-state index is 13.8. The van der Waals surface area contributed by atoms with Crippen molar-refractivity contribution in [2.75, 3.05) is 7.11 Å². The van der Waals surface area contributed by atoms with Crippen LogP contribution in [0.1, 0.15) is 0 Å². The molecule has 0 heterocycles. The summed E-state index contributed by atoms with van der Waals surface area (Å²) in [6.07, 6.45) is 0. The molecule has 2 rings (SSSR count). The van der Waals surface area contributed by atoms with E-state index in [4.69, 9.17) is 27.9 Å². The van der Waals surface area contributed by atoms with Gasteiger partial charge in [0.15, 0.2) is 0 Å². The lowest BCUT2D eigenvalue weighted by Gasteiger charge is -2.09. The molecule has 0 fully saturated rings. The maximum atomic E-state index is 13.8. The van der Waals surface area contributed by atoms with E-state index in [0.717, 1.165) is 6.07 Å². The van der Waals surface area contributed by atoms with Gasteiger partial charge < -0.3 is 9.84 Å². The summed E-state index contributed by atoms with van der Waals surface area (Å²) in [6.45, 7) is 0. The van der Waals surface area contributed by atoms with Gasteiger partial charge in [0.25, 0.3) is 0 Å². The lowest BCUT2D eigenvalue weighted by Crippen LogP contribution is -1.88. The summed E-state index contributed by atoms with van der Waals surface area (Å²) in [5.74, 6) is -0.419. The van der Waals surface area contributed by atoms with Gasteiger partial charge in [0.2, 0.25) is 0 Å². The van der Waals surface area contributed by atoms with Crippen LogP contribution < -0.4 is 4.74 Å². The molecule has 2 aromatic rings. The number of rotatable bonds is 2. The first-order valence-corrected chi connectivity index (χ1v) is 5.80. The van der Waals surface area contributed by atoms with Gasteiger partial charge in [0.05, 0.1) is 17.2 Å². The van der Waals surface area contributed by atoms with Crippen molar-refractivity contribution < 1.29 is 14.2 Å². The van der Waals surface area contributed by atoms with E-state index in [1.54, 1.807) is 18.2 Å². The average molecular weight is 287 g/mol. The fourth-order valence-corrected chi connectivity index (χ4v) is 1.94. The Morgan fingerprint density at radius 3 is 2.50 bits per heavy atom. The van der Waals surface area contributed by atoms with Gasteiger partial charge in [-0.25, -0.2) is 4.39 Å². The third-order valence-corrected chi connectivity index (χ3v) is 3.11. The van der Waals surface area contributed by atoms with E-state index in [1.807, 2.05) is 0 Å². The standard InChI is InChI=1S/C13H9Cl2FO2/c1-18-13-4-7(2-3-9(13)14)8-5-10(15)12(17)6-11(8)16/h2-6,17H,1H3. The summed E-state index contributed by atoms with van der Waals surface area (Å²) in [7, 11) is 1.48. The van der Waals surface area contributed by atoms with Crippen LogP contribution in [0.15, 0.2) is 30.3 Å². The Balaban J connectivity index is 2.58. The van der Waals surface area contributed by atoms with Crippen molar-refractivity contribution in [3.8, 4) is 22.6 Å². The van der Waals surface area contributed by atoms with Crippen molar-refractivity contribution in [1.29, 1.82) is 0 Å². The van der Waals surface area contributed by atoms with E-state index in [9.17, 15) is 9.50 Å². The minimum Gasteiger partial charge on any atom is -0.506 e. The van der Waals surface area contributed by atoms with Gasteiger partial charge in [-0.1, -0.05) is 29.3 Å². The molecule has 1 N–H and O–H groups in total. The van der Waals surface area contributed by atoms with Crippen LogP contribution >= 0.6 is 23.2 Å². The SMILES string of the molecule is COc1cc(-c2cc(Cl)c(O)cc2F)ccc1Cl. The number of phenolic OH excluding ortho intramolecular Hbond substituents is 1. The fraction of sp³-hybridized carbons (Fsp3) is 0.0769. The summed E-state index contributed by atoms with van der Waals surface area (Å²) in [4.78, 5) is 0. The zero-order valence-corrected chi connectivity index (χ0v) is 10.9. The number of hydrogen-bond donors (Lipinski definition) is 1. The van der Waals surface area contributed by atoms with E-state index < -0.39 is 5.82 Å². The van der Waals surface area contributed by atoms with Crippen LogP contribution in [0.2, 0.25) is 10.0 Å². The second-order valence-corrected chi connectivity index (χ2v) is 4.45. The van der Waals surface area contributed by atoms with Crippen molar-refractivity contribution in [2.45, 2.75) is 0 Å². The number of methoxy groups -OCH3 is 1. The minimum atomic E-state index is -0.568. The zero-order chi connectivity index (χ0) is 13.3. The van der Waals surface area contributed by atoms with Gasteiger partial charge in [-0.15, -0.1) is 0 Å². The lowest BCUT2D eigenvalue weighted by molar-refractivity contribution is 0.415. The summed E-state index contributed by atoms with van der Waals surface area (Å²) in [5.41, 5.74) is 0.836. The van der Waals surface area contributed by atoms with Crippen LogP contribution in [-0.2, 0) is 0 Å². The largest absolute Gasteiger partial charge is 0.506 e. The molecule has 0 aliphatic heterocycles. The van der Waals surface area contributed by atoms with Crippen molar-refractivity contribution in [1.82, 2.24) is 0 Å². The van der Waals surface area contributed by atoms with Crippen LogP contribution in [-0.4, -0.2) is 12.2 Å². The topological polar surface area (TPSA) is 29.5 Å². The van der Waals surface area contributed by atoms with E-state index in [1.165, 1.54) is 13.2 Å². The highest BCUT2D eigenvalue weighted by Gasteiger charge is 2.11. The normalized spacial score (nSPS) is 10.4. The Hall–Kier alpha value is -1.45. The van der Waals surface area contributed by atoms with E-state index in [0.29, 0.717) is 16.3 Å². The highest BCUT2D eigenvalue weighted by molar-refractivity contribution is 6.32. The third-order valence-electron chi connectivity index (χ3n) is 2.50. The monoisotopic (exact) mass is 286 g/mol. The highest BCUT2D eigenvalue weighted by Crippen LogP contribution is 2.35. The molecule has 0 spiro atoms. The molecule has 0 atom stereocenters. The molecule has 0 unspecified atom stereocenters. The maximum Gasteiger partial charge on any atom is 0.138 e. The van der Waals surface area contributed by atoms with E-state index in [-0.39, 0.29) is 16.3 Å². The van der Waals surface area contributed by atoms with Gasteiger partial charge in [-0.2, -0.15) is 0 Å². The zero-order valence-electron chi connectivity index (χ0n) is 9.38. The highest BCUT2D eigenvalue weighted by atomic mass is 35.5. The number of hydrogen-bond acceptors (Lipinski definition) is 2. The van der Waals surface area contributed by atoms with Crippen molar-refractivity contribution in [3.05, 3.63) is 46.2 Å². The Morgan fingerprint density at radius 1 is 1.11 bits per heavy atom. The number of benzene rings is 2. The van der Waals surface area contributed by atoms with Crippen molar-refractivity contribution in [3.63, 3.8) is 0 Å². The lowest BCUT2D eigenvalue weighted by atomic mass is 10.0. The predicted molar refractivity (Wildman–Crippen MR) is 70.1 cm³/mol. The average Bonchev–Trinajstić information content (AvgIpc) is 2.35. The van der Waals surface area contributed by atoms with E-state index in [2.05, 4.69) is 0 Å². The molecule has 0 aliphatic carbocycles. The Labute approximate surface area is 114 Å². The van der Waals surface area contributed by atoms with Crippen LogP contribution in [0.3, 0.4) is 0 Å². The fourth-order valence-electron chi connectivity index (χ4n) is 1.58. The second-order valence-electron chi connectivity index (χ2n) is 3.63. The van der Waals surface area contributed by atoms with Crippen LogP contribution in [0.5, 0.6) is 11.5 Å². The Bertz CT molecular complexity index is 600. The molecule has 5 heteroatoms. The number of aromatic hydroxyl groups is 1. The van der Waals surface area contributed by atoms with Gasteiger partial charge in [-0.05, 0) is 23.8 Å². The summed E-state index contributed by atoms with van der Waals surface area (Å²) in [5, 5.41) is 9.82. The van der Waals surface area contributed by atoms with Gasteiger partial charge in [0, 0.05) is 11.6 Å². The Kier molecular flexibility index (Phi) is 3.64. The van der Waals surface area contributed by atoms with Crippen molar-refractivity contribution in [2.24, 2.45) is 0 Å². The first-order valence-electron chi connectivity index (χ1n) is 5.05. The molecule has 94 valence electrons. The summed E-state index contributed by atoms with van der Waals surface area (Å²) < 4.78 is 18.8. The number of ether oxygens (including phenoxy) is 1. The molecule has 0 saturated carbocycles. The molecule has 0 bridgehead atoms. The minimum absolute atomic E-state index is 0.0836. The van der Waals surface area contributed by atoms with Gasteiger partial charge in [0.1, 0.15) is 17.3 Å². The van der Waals surface area contributed by atoms with Gasteiger partial charge >= 0.3 is 0 Å². The van der Waals surface area contributed by atoms with Crippen LogP contribution in [0.4, 0.5) is 4.39 Å². The number of phenols is 1.